The van der Waals surface area contributed by atoms with Gasteiger partial charge < -0.3 is 14.7 Å². The molecule has 1 aliphatic heterocycles. The van der Waals surface area contributed by atoms with Gasteiger partial charge in [0.25, 0.3) is 0 Å². The van der Waals surface area contributed by atoms with E-state index >= 15 is 0 Å². The highest BCUT2D eigenvalue weighted by molar-refractivity contribution is 6.21. The Kier molecular flexibility index (Phi) is 6.36. The molecule has 128 valence electrons. The van der Waals surface area contributed by atoms with Gasteiger partial charge in [0.1, 0.15) is 6.10 Å². The van der Waals surface area contributed by atoms with Gasteiger partial charge >= 0.3 is 5.97 Å². The van der Waals surface area contributed by atoms with Gasteiger partial charge in [0, 0.05) is 19.6 Å². The molecule has 0 aromatic rings. The van der Waals surface area contributed by atoms with Crippen molar-refractivity contribution < 1.29 is 19.5 Å². The molecule has 0 bridgehead atoms. The Morgan fingerprint density at radius 1 is 1.35 bits per heavy atom. The number of nitrogens with zero attached hydrogens (tertiary/aromatic N) is 2. The smallest absolute Gasteiger partial charge is 0.350 e. The summed E-state index contributed by atoms with van der Waals surface area (Å²) in [7, 11) is 0. The summed E-state index contributed by atoms with van der Waals surface area (Å²) >= 11 is 0. The van der Waals surface area contributed by atoms with Gasteiger partial charge in [-0.15, -0.1) is 0 Å². The minimum absolute atomic E-state index is 0.218. The summed E-state index contributed by atoms with van der Waals surface area (Å²) in [5.74, 6) is -1.10. The third-order valence-corrected chi connectivity index (χ3v) is 4.51. The van der Waals surface area contributed by atoms with Crippen LogP contribution in [0.25, 0.3) is 0 Å². The van der Waals surface area contributed by atoms with Crippen LogP contribution in [-0.4, -0.2) is 61.1 Å². The second kappa shape index (κ2) is 8.26. The number of oxime groups is 1. The number of hydrogen-bond acceptors (Lipinski definition) is 5. The number of carbonyl (C=O) groups is 1. The van der Waals surface area contributed by atoms with Gasteiger partial charge in [0.05, 0.1) is 13.2 Å². The first-order chi connectivity index (χ1) is 11.0. The molecule has 0 spiro atoms. The molecule has 1 heterocycles. The predicted octanol–water partition coefficient (Wildman–Crippen LogP) is 2.22. The molecule has 23 heavy (non-hydrogen) atoms. The average molecular weight is 322 g/mol. The Morgan fingerprint density at radius 3 is 2.65 bits per heavy atom. The molecule has 0 radical (unpaired) electrons. The molecule has 6 nitrogen and oxygen atoms in total. The lowest BCUT2D eigenvalue weighted by Crippen LogP contribution is -2.38. The molecular weight excluding hydrogens is 296 g/mol. The molecule has 1 saturated heterocycles. The number of hydrogen-bond donors (Lipinski definition) is 1. The maximum absolute atomic E-state index is 10.5. The van der Waals surface area contributed by atoms with Crippen molar-refractivity contribution in [3.8, 4) is 0 Å². The van der Waals surface area contributed by atoms with Crippen molar-refractivity contribution in [2.24, 2.45) is 5.16 Å². The van der Waals surface area contributed by atoms with E-state index in [0.717, 1.165) is 51.9 Å². The van der Waals surface area contributed by atoms with E-state index < -0.39 is 5.97 Å². The predicted molar refractivity (Wildman–Crippen MR) is 88.6 cm³/mol. The van der Waals surface area contributed by atoms with Crippen molar-refractivity contribution in [3.63, 3.8) is 0 Å². The molecule has 1 atom stereocenters. The van der Waals surface area contributed by atoms with Crippen molar-refractivity contribution in [3.05, 3.63) is 22.3 Å². The van der Waals surface area contributed by atoms with Gasteiger partial charge in [-0.1, -0.05) is 16.3 Å². The largest absolute Gasteiger partial charge is 0.477 e. The van der Waals surface area contributed by atoms with Crippen LogP contribution in [0, 0.1) is 0 Å². The van der Waals surface area contributed by atoms with Gasteiger partial charge in [0.2, 0.25) is 0 Å². The van der Waals surface area contributed by atoms with Gasteiger partial charge in [-0.3, -0.25) is 4.90 Å². The number of carboxylic acids is 1. The third-order valence-electron chi connectivity index (χ3n) is 4.51. The third kappa shape index (κ3) is 5.18. The van der Waals surface area contributed by atoms with Gasteiger partial charge in [0.15, 0.2) is 6.21 Å². The van der Waals surface area contributed by atoms with E-state index in [-0.39, 0.29) is 6.10 Å². The highest BCUT2D eigenvalue weighted by Gasteiger charge is 2.23. The lowest BCUT2D eigenvalue weighted by Gasteiger charge is -2.32. The fourth-order valence-electron chi connectivity index (χ4n) is 2.99. The van der Waals surface area contributed by atoms with Crippen LogP contribution >= 0.6 is 0 Å². The van der Waals surface area contributed by atoms with Crippen molar-refractivity contribution in [2.75, 3.05) is 32.8 Å². The van der Waals surface area contributed by atoms with E-state index in [1.807, 2.05) is 6.92 Å². The molecular formula is C17H26N2O4. The molecule has 1 fully saturated rings. The van der Waals surface area contributed by atoms with Crippen LogP contribution in [0.15, 0.2) is 27.4 Å². The molecule has 0 aromatic carbocycles. The Balaban J connectivity index is 2.10. The van der Waals surface area contributed by atoms with Crippen molar-refractivity contribution >= 4 is 12.2 Å². The van der Waals surface area contributed by atoms with E-state index in [2.05, 4.69) is 23.9 Å². The molecule has 0 aromatic heterocycles. The Labute approximate surface area is 137 Å². The molecule has 1 unspecified atom stereocenters. The van der Waals surface area contributed by atoms with E-state index in [4.69, 9.17) is 14.7 Å². The minimum atomic E-state index is -1.10. The second-order valence-corrected chi connectivity index (χ2v) is 6.25. The van der Waals surface area contributed by atoms with Crippen molar-refractivity contribution in [1.82, 2.24) is 4.90 Å². The maximum atomic E-state index is 10.5. The fraction of sp³-hybridized carbons (Fsp3) is 0.647. The molecule has 1 aliphatic carbocycles. The Morgan fingerprint density at radius 2 is 2.00 bits per heavy atom. The highest BCUT2D eigenvalue weighted by Crippen LogP contribution is 2.33. The minimum Gasteiger partial charge on any atom is -0.477 e. The summed E-state index contributed by atoms with van der Waals surface area (Å²) in [6.45, 7) is 10.6. The topological polar surface area (TPSA) is 71.4 Å². The summed E-state index contributed by atoms with van der Waals surface area (Å²) in [4.78, 5) is 18.3. The summed E-state index contributed by atoms with van der Waals surface area (Å²) < 4.78 is 5.41. The van der Waals surface area contributed by atoms with Crippen molar-refractivity contribution in [2.45, 2.75) is 39.7 Å². The van der Waals surface area contributed by atoms with Crippen LogP contribution in [-0.2, 0) is 14.4 Å². The number of carboxylic acid groups (broad SMARTS) is 1. The van der Waals surface area contributed by atoms with E-state index in [9.17, 15) is 4.79 Å². The Hall–Kier alpha value is -1.66. The van der Waals surface area contributed by atoms with Crippen molar-refractivity contribution in [1.29, 1.82) is 0 Å². The fourth-order valence-corrected chi connectivity index (χ4v) is 2.99. The van der Waals surface area contributed by atoms with Crippen LogP contribution in [0.5, 0.6) is 0 Å². The number of allylic oxidation sites excluding steroid dienone is 2. The van der Waals surface area contributed by atoms with Gasteiger partial charge in [-0.25, -0.2) is 4.79 Å². The zero-order valence-corrected chi connectivity index (χ0v) is 14.2. The summed E-state index contributed by atoms with van der Waals surface area (Å²) in [6.07, 6.45) is 2.39. The van der Waals surface area contributed by atoms with E-state index in [0.29, 0.717) is 0 Å². The zero-order chi connectivity index (χ0) is 16.8. The average Bonchev–Trinajstić information content (AvgIpc) is 2.51. The second-order valence-electron chi connectivity index (χ2n) is 6.25. The first-order valence-corrected chi connectivity index (χ1v) is 8.05. The summed E-state index contributed by atoms with van der Waals surface area (Å²) in [5.41, 5.74) is 5.37. The van der Waals surface area contributed by atoms with Crippen LogP contribution in [0.3, 0.4) is 0 Å². The normalized spacial score (nSPS) is 21.9. The van der Waals surface area contributed by atoms with Crippen LogP contribution < -0.4 is 0 Å². The number of morpholine rings is 1. The number of rotatable bonds is 6. The Bertz CT molecular complexity index is 531. The monoisotopic (exact) mass is 322 g/mol. The quantitative estimate of drug-likeness (QED) is 0.461. The van der Waals surface area contributed by atoms with Crippen LogP contribution in [0.4, 0.5) is 0 Å². The molecule has 0 amide bonds. The van der Waals surface area contributed by atoms with Gasteiger partial charge in [-0.2, -0.15) is 0 Å². The highest BCUT2D eigenvalue weighted by atomic mass is 16.6. The molecule has 2 rings (SSSR count). The first kappa shape index (κ1) is 17.7. The zero-order valence-electron chi connectivity index (χ0n) is 14.2. The van der Waals surface area contributed by atoms with E-state index in [1.165, 1.54) is 22.3 Å². The molecule has 6 heteroatoms. The lowest BCUT2D eigenvalue weighted by molar-refractivity contribution is -0.129. The molecule has 0 saturated carbocycles. The molecule has 1 N–H and O–H groups in total. The summed E-state index contributed by atoms with van der Waals surface area (Å²) in [5, 5.41) is 12.2. The standard InChI is InChI=1S/C17H26N2O4/c1-12-8-15(11-19-4-6-22-7-5-19)16(9-13(12)2)14(3)23-18-10-17(20)21/h10,14H,4-9,11H2,1-3H3,(H,20,21)/b18-10-. The van der Waals surface area contributed by atoms with E-state index in [1.54, 1.807) is 0 Å². The number of aliphatic carboxylic acids is 1. The van der Waals surface area contributed by atoms with Crippen LogP contribution in [0.1, 0.15) is 33.6 Å². The number of ether oxygens (including phenoxy) is 1. The first-order valence-electron chi connectivity index (χ1n) is 8.05. The van der Waals surface area contributed by atoms with Gasteiger partial charge in [-0.05, 0) is 44.8 Å². The summed E-state index contributed by atoms with van der Waals surface area (Å²) in [6, 6.07) is 0. The SMILES string of the molecule is CC1=C(C)CC(C(C)O/N=C\C(=O)O)=C(CN2CCOCC2)C1. The molecule has 2 aliphatic rings. The van der Waals surface area contributed by atoms with Crippen LogP contribution in [0.2, 0.25) is 0 Å². The maximum Gasteiger partial charge on any atom is 0.350 e. The lowest BCUT2D eigenvalue weighted by atomic mass is 9.85.